The summed E-state index contributed by atoms with van der Waals surface area (Å²) in [7, 11) is 1.60. The molecule has 1 aromatic heterocycles. The molecular formula is C17H20ClN3O2. The molecule has 2 aromatic rings. The van der Waals surface area contributed by atoms with Gasteiger partial charge in [-0.25, -0.2) is 4.68 Å². The minimum atomic E-state index is -0.257. The first kappa shape index (κ1) is 16.0. The highest BCUT2D eigenvalue weighted by molar-refractivity contribution is 6.33. The third-order valence-electron chi connectivity index (χ3n) is 4.15. The zero-order valence-corrected chi connectivity index (χ0v) is 13.9. The molecule has 0 unspecified atom stereocenters. The van der Waals surface area contributed by atoms with Crippen LogP contribution in [0.4, 0.5) is 5.69 Å². The Morgan fingerprint density at radius 1 is 1.35 bits per heavy atom. The number of ether oxygens (including phenoxy) is 1. The van der Waals surface area contributed by atoms with Crippen molar-refractivity contribution in [3.63, 3.8) is 0 Å². The van der Waals surface area contributed by atoms with Gasteiger partial charge in [0.15, 0.2) is 0 Å². The Morgan fingerprint density at radius 2 is 2.13 bits per heavy atom. The van der Waals surface area contributed by atoms with Crippen molar-refractivity contribution >= 4 is 17.3 Å². The zero-order valence-electron chi connectivity index (χ0n) is 13.1. The lowest BCUT2D eigenvalue weighted by Crippen LogP contribution is -2.27. The molecule has 2 heterocycles. The van der Waals surface area contributed by atoms with Crippen LogP contribution < -0.4 is 10.5 Å². The van der Waals surface area contributed by atoms with E-state index >= 15 is 0 Å². The highest BCUT2D eigenvalue weighted by Gasteiger charge is 2.25. The van der Waals surface area contributed by atoms with E-state index in [-0.39, 0.29) is 10.6 Å². The molecule has 3 rings (SSSR count). The lowest BCUT2D eigenvalue weighted by Gasteiger charge is -2.19. The first-order chi connectivity index (χ1) is 11.1. The molecule has 1 fully saturated rings. The number of halogens is 1. The van der Waals surface area contributed by atoms with Crippen LogP contribution in [0.5, 0.6) is 0 Å². The van der Waals surface area contributed by atoms with Gasteiger partial charge in [0.2, 0.25) is 0 Å². The van der Waals surface area contributed by atoms with Gasteiger partial charge in [-0.15, -0.1) is 0 Å². The molecule has 0 aliphatic carbocycles. The molecule has 1 atom stereocenters. The average Bonchev–Trinajstić information content (AvgIpc) is 3.02. The Kier molecular flexibility index (Phi) is 4.98. The van der Waals surface area contributed by atoms with E-state index in [1.807, 2.05) is 18.2 Å². The summed E-state index contributed by atoms with van der Waals surface area (Å²) >= 11 is 6.16. The number of nitrogens with zero attached hydrogens (tertiary/aromatic N) is 3. The molecular weight excluding hydrogens is 314 g/mol. The van der Waals surface area contributed by atoms with Gasteiger partial charge >= 0.3 is 0 Å². The first-order valence-corrected chi connectivity index (χ1v) is 8.11. The minimum absolute atomic E-state index is 0.244. The molecule has 0 saturated carbocycles. The second-order valence-corrected chi connectivity index (χ2v) is 6.25. The normalized spacial score (nSPS) is 17.7. The molecule has 5 nitrogen and oxygen atoms in total. The summed E-state index contributed by atoms with van der Waals surface area (Å²) in [6, 6.07) is 10.2. The first-order valence-electron chi connectivity index (χ1n) is 7.73. The Labute approximate surface area is 140 Å². The standard InChI is InChI=1S/C17H20ClN3O2/c1-20-17(22)16(18)15(9-19-20)21-8-7-14(10-21)12-23-11-13-5-3-2-4-6-13/h2-6,9,14H,7-8,10-12H2,1H3/t14-/m1/s1. The fourth-order valence-corrected chi connectivity index (χ4v) is 3.12. The van der Waals surface area contributed by atoms with Gasteiger partial charge in [0.05, 0.1) is 25.1 Å². The van der Waals surface area contributed by atoms with Crippen LogP contribution in [-0.2, 0) is 18.4 Å². The maximum atomic E-state index is 11.9. The van der Waals surface area contributed by atoms with Crippen molar-refractivity contribution in [1.29, 1.82) is 0 Å². The van der Waals surface area contributed by atoms with Crippen molar-refractivity contribution in [2.75, 3.05) is 24.6 Å². The Hall–Kier alpha value is -1.85. The van der Waals surface area contributed by atoms with Gasteiger partial charge in [-0.2, -0.15) is 5.10 Å². The smallest absolute Gasteiger partial charge is 0.287 e. The van der Waals surface area contributed by atoms with E-state index in [9.17, 15) is 4.79 Å². The van der Waals surface area contributed by atoms with E-state index in [1.165, 1.54) is 10.2 Å². The summed E-state index contributed by atoms with van der Waals surface area (Å²) in [6.07, 6.45) is 2.69. The zero-order chi connectivity index (χ0) is 16.2. The lowest BCUT2D eigenvalue weighted by molar-refractivity contribution is 0.0929. The van der Waals surface area contributed by atoms with Crippen LogP contribution in [0.25, 0.3) is 0 Å². The summed E-state index contributed by atoms with van der Waals surface area (Å²) in [4.78, 5) is 14.0. The number of anilines is 1. The quantitative estimate of drug-likeness (QED) is 0.843. The van der Waals surface area contributed by atoms with Crippen LogP contribution >= 0.6 is 11.6 Å². The largest absolute Gasteiger partial charge is 0.376 e. The van der Waals surface area contributed by atoms with Gasteiger partial charge in [0.25, 0.3) is 5.56 Å². The minimum Gasteiger partial charge on any atom is -0.376 e. The lowest BCUT2D eigenvalue weighted by atomic mass is 10.1. The van der Waals surface area contributed by atoms with E-state index in [0.717, 1.165) is 25.2 Å². The third-order valence-corrected chi connectivity index (χ3v) is 4.51. The molecule has 1 saturated heterocycles. The van der Waals surface area contributed by atoms with Crippen LogP contribution in [-0.4, -0.2) is 29.5 Å². The SMILES string of the molecule is Cn1ncc(N2CC[C@@H](COCc3ccccc3)C2)c(Cl)c1=O. The van der Waals surface area contributed by atoms with Gasteiger partial charge in [0, 0.05) is 26.1 Å². The number of aryl methyl sites for hydroxylation is 1. The third kappa shape index (κ3) is 3.74. The second-order valence-electron chi connectivity index (χ2n) is 5.87. The topological polar surface area (TPSA) is 47.4 Å². The predicted molar refractivity (Wildman–Crippen MR) is 90.9 cm³/mol. The van der Waals surface area contributed by atoms with Crippen molar-refractivity contribution in [3.05, 3.63) is 57.5 Å². The predicted octanol–water partition coefficient (Wildman–Crippen LogP) is 2.48. The van der Waals surface area contributed by atoms with Crippen molar-refractivity contribution in [2.45, 2.75) is 13.0 Å². The fourth-order valence-electron chi connectivity index (χ4n) is 2.83. The van der Waals surface area contributed by atoms with Crippen LogP contribution in [0.3, 0.4) is 0 Å². The number of aromatic nitrogens is 2. The second kappa shape index (κ2) is 7.15. The summed E-state index contributed by atoms with van der Waals surface area (Å²) < 4.78 is 7.07. The molecule has 6 heteroatoms. The fraction of sp³-hybridized carbons (Fsp3) is 0.412. The molecule has 0 bridgehead atoms. The van der Waals surface area contributed by atoms with Gasteiger partial charge < -0.3 is 9.64 Å². The average molecular weight is 334 g/mol. The van der Waals surface area contributed by atoms with Crippen LogP contribution in [0.15, 0.2) is 41.3 Å². The Bertz CT molecular complexity index is 718. The van der Waals surface area contributed by atoms with Crippen LogP contribution in [0, 0.1) is 5.92 Å². The summed E-state index contributed by atoms with van der Waals surface area (Å²) in [5, 5.41) is 4.30. The number of rotatable bonds is 5. The summed E-state index contributed by atoms with van der Waals surface area (Å²) in [6.45, 7) is 3.05. The van der Waals surface area contributed by atoms with Crippen molar-refractivity contribution < 1.29 is 4.74 Å². The molecule has 122 valence electrons. The van der Waals surface area contributed by atoms with Crippen LogP contribution in [0.2, 0.25) is 5.02 Å². The van der Waals surface area contributed by atoms with Gasteiger partial charge in [0.1, 0.15) is 5.02 Å². The highest BCUT2D eigenvalue weighted by atomic mass is 35.5. The van der Waals surface area contributed by atoms with Gasteiger partial charge in [-0.1, -0.05) is 41.9 Å². The molecule has 0 amide bonds. The van der Waals surface area contributed by atoms with Gasteiger partial charge in [-0.3, -0.25) is 4.79 Å². The maximum Gasteiger partial charge on any atom is 0.287 e. The molecule has 0 radical (unpaired) electrons. The van der Waals surface area contributed by atoms with Gasteiger partial charge in [-0.05, 0) is 12.0 Å². The van der Waals surface area contributed by atoms with E-state index in [4.69, 9.17) is 16.3 Å². The molecule has 0 spiro atoms. The van der Waals surface area contributed by atoms with E-state index in [1.54, 1.807) is 13.2 Å². The number of benzene rings is 1. The van der Waals surface area contributed by atoms with Crippen molar-refractivity contribution in [3.8, 4) is 0 Å². The van der Waals surface area contributed by atoms with Crippen molar-refractivity contribution in [1.82, 2.24) is 9.78 Å². The van der Waals surface area contributed by atoms with E-state index < -0.39 is 0 Å². The number of hydrogen-bond donors (Lipinski definition) is 0. The molecule has 1 aliphatic rings. The monoisotopic (exact) mass is 333 g/mol. The molecule has 23 heavy (non-hydrogen) atoms. The molecule has 0 N–H and O–H groups in total. The highest BCUT2D eigenvalue weighted by Crippen LogP contribution is 2.27. The molecule has 1 aromatic carbocycles. The molecule has 1 aliphatic heterocycles. The summed E-state index contributed by atoms with van der Waals surface area (Å²) in [5.41, 5.74) is 1.65. The van der Waals surface area contributed by atoms with Crippen LogP contribution in [0.1, 0.15) is 12.0 Å². The van der Waals surface area contributed by atoms with Crippen molar-refractivity contribution in [2.24, 2.45) is 13.0 Å². The number of hydrogen-bond acceptors (Lipinski definition) is 4. The summed E-state index contributed by atoms with van der Waals surface area (Å²) in [5.74, 6) is 0.443. The Morgan fingerprint density at radius 3 is 2.91 bits per heavy atom. The van der Waals surface area contributed by atoms with E-state index in [0.29, 0.717) is 19.1 Å². The maximum absolute atomic E-state index is 11.9. The van der Waals surface area contributed by atoms with E-state index in [2.05, 4.69) is 22.1 Å². The Balaban J connectivity index is 1.55.